The number of nitro groups is 1. The fourth-order valence-electron chi connectivity index (χ4n) is 1.89. The lowest BCUT2D eigenvalue weighted by Gasteiger charge is -2.11. The number of alkyl halides is 1. The zero-order valence-electron chi connectivity index (χ0n) is 11.4. The number of ether oxygens (including phenoxy) is 2. The molecule has 2 aromatic rings. The van der Waals surface area contributed by atoms with Crippen molar-refractivity contribution in [3.05, 3.63) is 63.7 Å². The molecule has 6 heteroatoms. The van der Waals surface area contributed by atoms with Crippen molar-refractivity contribution in [2.45, 2.75) is 12.5 Å². The first-order chi connectivity index (χ1) is 10.2. The number of hydrogen-bond donors (Lipinski definition) is 0. The van der Waals surface area contributed by atoms with E-state index in [1.54, 1.807) is 43.5 Å². The van der Waals surface area contributed by atoms with Gasteiger partial charge in [0.25, 0.3) is 5.69 Å². The SMILES string of the molecule is COc1ccc(OCc2ccccc2[N+](=O)[O-])c(CCl)c1. The van der Waals surface area contributed by atoms with E-state index >= 15 is 0 Å². The fourth-order valence-corrected chi connectivity index (χ4v) is 2.10. The second-order valence-electron chi connectivity index (χ2n) is 4.28. The van der Waals surface area contributed by atoms with Crippen molar-refractivity contribution < 1.29 is 14.4 Å². The lowest BCUT2D eigenvalue weighted by Crippen LogP contribution is -2.02. The highest BCUT2D eigenvalue weighted by Crippen LogP contribution is 2.27. The monoisotopic (exact) mass is 307 g/mol. The summed E-state index contributed by atoms with van der Waals surface area (Å²) < 4.78 is 10.8. The minimum atomic E-state index is -0.421. The smallest absolute Gasteiger partial charge is 0.276 e. The number of hydrogen-bond acceptors (Lipinski definition) is 4. The maximum Gasteiger partial charge on any atom is 0.276 e. The minimum absolute atomic E-state index is 0.0402. The molecule has 0 atom stereocenters. The van der Waals surface area contributed by atoms with Crippen LogP contribution in [-0.2, 0) is 12.5 Å². The van der Waals surface area contributed by atoms with E-state index in [4.69, 9.17) is 21.1 Å². The molecule has 0 fully saturated rings. The molecule has 0 bridgehead atoms. The zero-order valence-corrected chi connectivity index (χ0v) is 12.2. The van der Waals surface area contributed by atoms with Gasteiger partial charge in [-0.2, -0.15) is 0 Å². The zero-order chi connectivity index (χ0) is 15.2. The van der Waals surface area contributed by atoms with Gasteiger partial charge in [0, 0.05) is 11.6 Å². The molecule has 5 nitrogen and oxygen atoms in total. The molecule has 0 amide bonds. The Labute approximate surface area is 127 Å². The number of nitrogens with zero attached hydrogens (tertiary/aromatic N) is 1. The molecule has 110 valence electrons. The summed E-state index contributed by atoms with van der Waals surface area (Å²) in [5.41, 5.74) is 1.33. The molecule has 0 radical (unpaired) electrons. The highest BCUT2D eigenvalue weighted by molar-refractivity contribution is 6.17. The fraction of sp³-hybridized carbons (Fsp3) is 0.200. The molecule has 0 aliphatic carbocycles. The third kappa shape index (κ3) is 3.64. The molecule has 0 aliphatic rings. The number of methoxy groups -OCH3 is 1. The highest BCUT2D eigenvalue weighted by atomic mass is 35.5. The summed E-state index contributed by atoms with van der Waals surface area (Å²) in [6.45, 7) is 0.105. The molecule has 2 aromatic carbocycles. The molecule has 0 saturated carbocycles. The maximum atomic E-state index is 11.0. The van der Waals surface area contributed by atoms with Gasteiger partial charge in [0.05, 0.1) is 23.5 Å². The van der Waals surface area contributed by atoms with Crippen molar-refractivity contribution in [1.82, 2.24) is 0 Å². The Hall–Kier alpha value is -2.27. The first kappa shape index (κ1) is 15.1. The van der Waals surface area contributed by atoms with E-state index in [0.29, 0.717) is 17.1 Å². The standard InChI is InChI=1S/C15H14ClNO4/c1-20-13-6-7-15(12(8-13)9-16)21-10-11-4-2-3-5-14(11)17(18)19/h2-8H,9-10H2,1H3. The van der Waals surface area contributed by atoms with Crippen molar-refractivity contribution in [2.75, 3.05) is 7.11 Å². The summed E-state index contributed by atoms with van der Waals surface area (Å²) in [7, 11) is 1.57. The van der Waals surface area contributed by atoms with Crippen LogP contribution in [0, 0.1) is 10.1 Å². The molecule has 0 aromatic heterocycles. The van der Waals surface area contributed by atoms with Gasteiger partial charge in [-0.1, -0.05) is 12.1 Å². The van der Waals surface area contributed by atoms with Gasteiger partial charge in [-0.15, -0.1) is 11.6 Å². The summed E-state index contributed by atoms with van der Waals surface area (Å²) in [6.07, 6.45) is 0. The predicted molar refractivity (Wildman–Crippen MR) is 80.0 cm³/mol. The van der Waals surface area contributed by atoms with Crippen LogP contribution in [0.5, 0.6) is 11.5 Å². The first-order valence-corrected chi connectivity index (χ1v) is 6.77. The van der Waals surface area contributed by atoms with Gasteiger partial charge in [-0.05, 0) is 24.3 Å². The third-order valence-electron chi connectivity index (χ3n) is 2.98. The summed E-state index contributed by atoms with van der Waals surface area (Å²) >= 11 is 5.88. The van der Waals surface area contributed by atoms with Crippen LogP contribution in [0.1, 0.15) is 11.1 Å². The Bertz CT molecular complexity index is 645. The van der Waals surface area contributed by atoms with Gasteiger partial charge in [0.2, 0.25) is 0 Å². The van der Waals surface area contributed by atoms with Gasteiger partial charge >= 0.3 is 0 Å². The third-order valence-corrected chi connectivity index (χ3v) is 3.27. The van der Waals surface area contributed by atoms with Crippen LogP contribution in [0.25, 0.3) is 0 Å². The number of benzene rings is 2. The molecule has 0 aliphatic heterocycles. The quantitative estimate of drug-likeness (QED) is 0.461. The highest BCUT2D eigenvalue weighted by Gasteiger charge is 2.13. The Balaban J connectivity index is 2.19. The largest absolute Gasteiger partial charge is 0.497 e. The molecule has 2 rings (SSSR count). The summed E-state index contributed by atoms with van der Waals surface area (Å²) in [4.78, 5) is 10.5. The lowest BCUT2D eigenvalue weighted by atomic mass is 10.2. The molecular formula is C15H14ClNO4. The second kappa shape index (κ2) is 6.95. The van der Waals surface area contributed by atoms with Crippen molar-refractivity contribution >= 4 is 17.3 Å². The van der Waals surface area contributed by atoms with Crippen molar-refractivity contribution in [3.8, 4) is 11.5 Å². The Kier molecular flexibility index (Phi) is 5.00. The van der Waals surface area contributed by atoms with E-state index in [0.717, 1.165) is 5.56 Å². The van der Waals surface area contributed by atoms with E-state index in [9.17, 15) is 10.1 Å². The lowest BCUT2D eigenvalue weighted by molar-refractivity contribution is -0.385. The van der Waals surface area contributed by atoms with Crippen molar-refractivity contribution in [2.24, 2.45) is 0 Å². The minimum Gasteiger partial charge on any atom is -0.497 e. The summed E-state index contributed by atoms with van der Waals surface area (Å²) in [5.74, 6) is 1.54. The molecular weight excluding hydrogens is 294 g/mol. The number of halogens is 1. The first-order valence-electron chi connectivity index (χ1n) is 6.23. The Morgan fingerprint density at radius 2 is 1.95 bits per heavy atom. The van der Waals surface area contributed by atoms with Gasteiger partial charge in [-0.3, -0.25) is 10.1 Å². The summed E-state index contributed by atoms with van der Waals surface area (Å²) in [6, 6.07) is 11.8. The van der Waals surface area contributed by atoms with Gasteiger partial charge < -0.3 is 9.47 Å². The second-order valence-corrected chi connectivity index (χ2v) is 4.55. The molecule has 21 heavy (non-hydrogen) atoms. The van der Waals surface area contributed by atoms with E-state index < -0.39 is 4.92 Å². The number of para-hydroxylation sites is 1. The van der Waals surface area contributed by atoms with Crippen LogP contribution < -0.4 is 9.47 Å². The normalized spacial score (nSPS) is 10.2. The van der Waals surface area contributed by atoms with Crippen molar-refractivity contribution in [1.29, 1.82) is 0 Å². The van der Waals surface area contributed by atoms with Gasteiger partial charge in [0.1, 0.15) is 18.1 Å². The van der Waals surface area contributed by atoms with Crippen LogP contribution in [0.2, 0.25) is 0 Å². The van der Waals surface area contributed by atoms with Gasteiger partial charge in [0.15, 0.2) is 0 Å². The molecule has 0 spiro atoms. The topological polar surface area (TPSA) is 61.6 Å². The predicted octanol–water partition coefficient (Wildman–Crippen LogP) is 3.92. The van der Waals surface area contributed by atoms with Crippen LogP contribution in [0.4, 0.5) is 5.69 Å². The molecule has 0 N–H and O–H groups in total. The Morgan fingerprint density at radius 3 is 2.62 bits per heavy atom. The Morgan fingerprint density at radius 1 is 1.19 bits per heavy atom. The van der Waals surface area contributed by atoms with E-state index in [-0.39, 0.29) is 18.2 Å². The van der Waals surface area contributed by atoms with E-state index in [1.165, 1.54) is 6.07 Å². The van der Waals surface area contributed by atoms with Crippen LogP contribution in [0.15, 0.2) is 42.5 Å². The van der Waals surface area contributed by atoms with Crippen LogP contribution in [-0.4, -0.2) is 12.0 Å². The van der Waals surface area contributed by atoms with Gasteiger partial charge in [-0.25, -0.2) is 0 Å². The average Bonchev–Trinajstić information content (AvgIpc) is 2.52. The maximum absolute atomic E-state index is 11.0. The molecule has 0 heterocycles. The van der Waals surface area contributed by atoms with Crippen LogP contribution in [0.3, 0.4) is 0 Å². The number of nitro benzene ring substituents is 1. The average molecular weight is 308 g/mol. The summed E-state index contributed by atoms with van der Waals surface area (Å²) in [5, 5.41) is 11.0. The molecule has 0 unspecified atom stereocenters. The van der Waals surface area contributed by atoms with E-state index in [2.05, 4.69) is 0 Å². The van der Waals surface area contributed by atoms with Crippen LogP contribution >= 0.6 is 11.6 Å². The number of rotatable bonds is 6. The van der Waals surface area contributed by atoms with E-state index in [1.807, 2.05) is 0 Å². The molecule has 0 saturated heterocycles. The van der Waals surface area contributed by atoms with Crippen molar-refractivity contribution in [3.63, 3.8) is 0 Å².